The van der Waals surface area contributed by atoms with Crippen molar-refractivity contribution in [3.8, 4) is 11.4 Å². The van der Waals surface area contributed by atoms with Gasteiger partial charge in [-0.1, -0.05) is 48.3 Å². The average Bonchev–Trinajstić information content (AvgIpc) is 3.48. The van der Waals surface area contributed by atoms with Crippen LogP contribution in [-0.4, -0.2) is 45.2 Å². The maximum Gasteiger partial charge on any atom is 0.233 e. The number of carbonyl (C=O) groups excluding carboxylic acids is 1. The highest BCUT2D eigenvalue weighted by Gasteiger charge is 2.28. The Hall–Kier alpha value is -1.57. The maximum atomic E-state index is 12.6. The topological polar surface area (TPSA) is 69.0 Å². The number of hydrogen-bond acceptors (Lipinski definition) is 5. The van der Waals surface area contributed by atoms with E-state index in [2.05, 4.69) is 20.1 Å². The molecular formula is C21H27ClN4O2S. The van der Waals surface area contributed by atoms with Gasteiger partial charge in [-0.15, -0.1) is 10.2 Å². The van der Waals surface area contributed by atoms with Crippen LogP contribution in [0, 0.1) is 0 Å². The molecule has 1 saturated carbocycles. The van der Waals surface area contributed by atoms with Crippen molar-refractivity contribution >= 4 is 29.3 Å². The van der Waals surface area contributed by atoms with Crippen LogP contribution in [0.15, 0.2) is 29.4 Å². The van der Waals surface area contributed by atoms with Crippen LogP contribution in [-0.2, 0) is 9.53 Å². The van der Waals surface area contributed by atoms with Gasteiger partial charge in [-0.25, -0.2) is 0 Å². The Kier molecular flexibility index (Phi) is 6.77. The van der Waals surface area contributed by atoms with E-state index >= 15 is 0 Å². The number of hydrogen-bond donors (Lipinski definition) is 1. The molecule has 1 aliphatic heterocycles. The SMILES string of the molecule is C[C@@H](Sc1nnc(-c2ccccc2Cl)n1C1CCCC1)C(=O)NC[C@@H]1CCCO1. The fourth-order valence-electron chi connectivity index (χ4n) is 4.05. The molecule has 1 aromatic carbocycles. The zero-order valence-corrected chi connectivity index (χ0v) is 18.2. The highest BCUT2D eigenvalue weighted by molar-refractivity contribution is 8.00. The lowest BCUT2D eigenvalue weighted by Crippen LogP contribution is -2.36. The predicted molar refractivity (Wildman–Crippen MR) is 115 cm³/mol. The summed E-state index contributed by atoms with van der Waals surface area (Å²) < 4.78 is 7.79. The van der Waals surface area contributed by atoms with E-state index in [-0.39, 0.29) is 17.3 Å². The number of rotatable bonds is 7. The molecule has 0 unspecified atom stereocenters. The van der Waals surface area contributed by atoms with Gasteiger partial charge in [0.05, 0.1) is 16.4 Å². The molecule has 4 rings (SSSR count). The van der Waals surface area contributed by atoms with Gasteiger partial charge < -0.3 is 10.1 Å². The van der Waals surface area contributed by atoms with Gasteiger partial charge in [-0.2, -0.15) is 0 Å². The van der Waals surface area contributed by atoms with Crippen molar-refractivity contribution in [3.63, 3.8) is 0 Å². The lowest BCUT2D eigenvalue weighted by Gasteiger charge is -2.19. The van der Waals surface area contributed by atoms with Crippen molar-refractivity contribution in [2.24, 2.45) is 0 Å². The third kappa shape index (κ3) is 4.78. The molecule has 2 aromatic rings. The van der Waals surface area contributed by atoms with E-state index in [1.807, 2.05) is 31.2 Å². The Bertz CT molecular complexity index is 847. The quantitative estimate of drug-likeness (QED) is 0.650. The second-order valence-electron chi connectivity index (χ2n) is 7.73. The highest BCUT2D eigenvalue weighted by Crippen LogP contribution is 2.38. The molecule has 0 bridgehead atoms. The van der Waals surface area contributed by atoms with Crippen molar-refractivity contribution in [3.05, 3.63) is 29.3 Å². The molecule has 1 N–H and O–H groups in total. The van der Waals surface area contributed by atoms with Gasteiger partial charge in [0.1, 0.15) is 0 Å². The summed E-state index contributed by atoms with van der Waals surface area (Å²) in [6, 6.07) is 8.07. The molecule has 1 saturated heterocycles. The number of thioether (sulfide) groups is 1. The second-order valence-corrected chi connectivity index (χ2v) is 9.45. The number of halogens is 1. The van der Waals surface area contributed by atoms with E-state index in [4.69, 9.17) is 16.3 Å². The monoisotopic (exact) mass is 434 g/mol. The minimum atomic E-state index is -0.264. The molecule has 29 heavy (non-hydrogen) atoms. The fourth-order valence-corrected chi connectivity index (χ4v) is 5.21. The lowest BCUT2D eigenvalue weighted by molar-refractivity contribution is -0.120. The predicted octanol–water partition coefficient (Wildman–Crippen LogP) is 4.49. The van der Waals surface area contributed by atoms with E-state index in [1.54, 1.807) is 0 Å². The summed E-state index contributed by atoms with van der Waals surface area (Å²) in [4.78, 5) is 12.6. The first-order valence-corrected chi connectivity index (χ1v) is 11.6. The Morgan fingerprint density at radius 1 is 1.28 bits per heavy atom. The first kappa shape index (κ1) is 20.7. The molecule has 0 spiro atoms. The zero-order valence-electron chi connectivity index (χ0n) is 16.6. The van der Waals surface area contributed by atoms with Crippen LogP contribution >= 0.6 is 23.4 Å². The van der Waals surface area contributed by atoms with Gasteiger partial charge in [0.25, 0.3) is 0 Å². The average molecular weight is 435 g/mol. The number of nitrogens with one attached hydrogen (secondary N) is 1. The number of amides is 1. The van der Waals surface area contributed by atoms with Gasteiger partial charge in [0.2, 0.25) is 5.91 Å². The summed E-state index contributed by atoms with van der Waals surface area (Å²) >= 11 is 7.90. The number of ether oxygens (including phenoxy) is 1. The van der Waals surface area contributed by atoms with Crippen molar-refractivity contribution in [2.75, 3.05) is 13.2 Å². The van der Waals surface area contributed by atoms with Crippen LogP contribution in [0.5, 0.6) is 0 Å². The maximum absolute atomic E-state index is 12.6. The Labute approximate surface area is 180 Å². The lowest BCUT2D eigenvalue weighted by atomic mass is 10.2. The number of nitrogens with zero attached hydrogens (tertiary/aromatic N) is 3. The molecular weight excluding hydrogens is 408 g/mol. The van der Waals surface area contributed by atoms with E-state index < -0.39 is 0 Å². The Morgan fingerprint density at radius 2 is 2.07 bits per heavy atom. The molecule has 2 atom stereocenters. The smallest absolute Gasteiger partial charge is 0.233 e. The van der Waals surface area contributed by atoms with Crippen molar-refractivity contribution < 1.29 is 9.53 Å². The van der Waals surface area contributed by atoms with Gasteiger partial charge >= 0.3 is 0 Å². The van der Waals surface area contributed by atoms with Crippen molar-refractivity contribution in [2.45, 2.75) is 68.0 Å². The molecule has 2 aliphatic rings. The summed E-state index contributed by atoms with van der Waals surface area (Å²) in [7, 11) is 0. The second kappa shape index (κ2) is 9.49. The minimum Gasteiger partial charge on any atom is -0.376 e. The van der Waals surface area contributed by atoms with Crippen LogP contribution in [0.2, 0.25) is 5.02 Å². The minimum absolute atomic E-state index is 0.00534. The molecule has 1 aromatic heterocycles. The largest absolute Gasteiger partial charge is 0.376 e. The van der Waals surface area contributed by atoms with E-state index in [0.717, 1.165) is 48.8 Å². The highest BCUT2D eigenvalue weighted by atomic mass is 35.5. The van der Waals surface area contributed by atoms with Crippen LogP contribution in [0.3, 0.4) is 0 Å². The Morgan fingerprint density at radius 3 is 2.79 bits per heavy atom. The van der Waals surface area contributed by atoms with Crippen LogP contribution in [0.25, 0.3) is 11.4 Å². The first-order valence-electron chi connectivity index (χ1n) is 10.4. The molecule has 156 valence electrons. The van der Waals surface area contributed by atoms with Gasteiger partial charge in [-0.05, 0) is 44.7 Å². The van der Waals surface area contributed by atoms with Crippen molar-refractivity contribution in [1.82, 2.24) is 20.1 Å². The summed E-state index contributed by atoms with van der Waals surface area (Å²) in [5, 5.41) is 13.1. The zero-order chi connectivity index (χ0) is 20.2. The molecule has 2 heterocycles. The normalized spacial score (nSPS) is 20.8. The van der Waals surface area contributed by atoms with Gasteiger partial charge in [0, 0.05) is 24.8 Å². The molecule has 0 radical (unpaired) electrons. The van der Waals surface area contributed by atoms with Gasteiger partial charge in [0.15, 0.2) is 11.0 Å². The first-order chi connectivity index (χ1) is 14.1. The standard InChI is InChI=1S/C21H27ClN4O2S/c1-14(20(27)23-13-16-9-6-12-28-16)29-21-25-24-19(17-10-4-5-11-18(17)22)26(21)15-7-2-3-8-15/h4-5,10-11,14-16H,2-3,6-9,12-13H2,1H3,(H,23,27)/t14-,16+/m1/s1. The summed E-state index contributed by atoms with van der Waals surface area (Å²) in [5.74, 6) is 0.794. The molecule has 8 heteroatoms. The summed E-state index contributed by atoms with van der Waals surface area (Å²) in [5.41, 5.74) is 0.885. The molecule has 1 aliphatic carbocycles. The number of aromatic nitrogens is 3. The number of carbonyl (C=O) groups is 1. The molecule has 1 amide bonds. The molecule has 2 fully saturated rings. The third-order valence-electron chi connectivity index (χ3n) is 5.65. The molecule has 6 nitrogen and oxygen atoms in total. The van der Waals surface area contributed by atoms with Crippen LogP contribution in [0.4, 0.5) is 0 Å². The van der Waals surface area contributed by atoms with E-state index in [0.29, 0.717) is 17.6 Å². The van der Waals surface area contributed by atoms with E-state index in [1.165, 1.54) is 24.6 Å². The fraction of sp³-hybridized carbons (Fsp3) is 0.571. The summed E-state index contributed by atoms with van der Waals surface area (Å²) in [6.07, 6.45) is 6.83. The van der Waals surface area contributed by atoms with Crippen LogP contribution in [0.1, 0.15) is 51.5 Å². The van der Waals surface area contributed by atoms with Crippen LogP contribution < -0.4 is 5.32 Å². The number of benzene rings is 1. The third-order valence-corrected chi connectivity index (χ3v) is 7.03. The van der Waals surface area contributed by atoms with E-state index in [9.17, 15) is 4.79 Å². The van der Waals surface area contributed by atoms with Gasteiger partial charge in [-0.3, -0.25) is 9.36 Å². The summed E-state index contributed by atoms with van der Waals surface area (Å²) in [6.45, 7) is 3.28. The van der Waals surface area contributed by atoms with Crippen molar-refractivity contribution in [1.29, 1.82) is 0 Å². The Balaban J connectivity index is 1.52.